The molecule has 0 atom stereocenters. The molecule has 0 fully saturated rings. The second kappa shape index (κ2) is 10.6. The zero-order valence-electron chi connectivity index (χ0n) is 24.0. The Bertz CT molecular complexity index is 2100. The van der Waals surface area contributed by atoms with Gasteiger partial charge in [-0.15, -0.1) is 10.2 Å². The van der Waals surface area contributed by atoms with Gasteiger partial charge in [0.15, 0.2) is 5.58 Å². The van der Waals surface area contributed by atoms with Gasteiger partial charge in [0, 0.05) is 48.9 Å². The first-order chi connectivity index (χ1) is 20.6. The van der Waals surface area contributed by atoms with Crippen molar-refractivity contribution < 1.29 is 26.8 Å². The predicted molar refractivity (Wildman–Crippen MR) is 164 cm³/mol. The third-order valence-corrected chi connectivity index (χ3v) is 8.38. The summed E-state index contributed by atoms with van der Waals surface area (Å²) in [5.74, 6) is 0.645. The van der Waals surface area contributed by atoms with Gasteiger partial charge in [0.05, 0.1) is 35.9 Å². The Kier molecular flexibility index (Phi) is 6.85. The number of nitrogens with one attached hydrogen (secondary N) is 1. The number of hydrogen-bond acceptors (Lipinski definition) is 9. The van der Waals surface area contributed by atoms with Crippen LogP contribution >= 0.6 is 0 Å². The fourth-order valence-corrected chi connectivity index (χ4v) is 5.39. The highest BCUT2D eigenvalue weighted by molar-refractivity contribution is 7.92. The van der Waals surface area contributed by atoms with Gasteiger partial charge < -0.3 is 18.9 Å². The van der Waals surface area contributed by atoms with Crippen molar-refractivity contribution in [3.8, 4) is 39.8 Å². The molecule has 0 saturated heterocycles. The first-order valence-corrected chi connectivity index (χ1v) is 15.0. The van der Waals surface area contributed by atoms with Crippen LogP contribution in [0.3, 0.4) is 0 Å². The van der Waals surface area contributed by atoms with Crippen LogP contribution in [0.4, 0.5) is 5.69 Å². The number of furan rings is 2. The van der Waals surface area contributed by atoms with Gasteiger partial charge >= 0.3 is 0 Å². The lowest BCUT2D eigenvalue weighted by Crippen LogP contribution is -2.25. The van der Waals surface area contributed by atoms with Gasteiger partial charge in [-0.05, 0) is 31.2 Å². The second-order valence-corrected chi connectivity index (χ2v) is 12.0. The van der Waals surface area contributed by atoms with Crippen molar-refractivity contribution in [1.82, 2.24) is 20.5 Å². The van der Waals surface area contributed by atoms with E-state index in [2.05, 4.69) is 20.5 Å². The molecule has 1 amide bonds. The van der Waals surface area contributed by atoms with E-state index in [-0.39, 0.29) is 17.5 Å². The molecule has 0 saturated carbocycles. The van der Waals surface area contributed by atoms with E-state index in [1.54, 1.807) is 42.6 Å². The monoisotopic (exact) mass is 597 g/mol. The lowest BCUT2D eigenvalue weighted by atomic mass is 10.00. The number of hydrogen-bond donors (Lipinski definition) is 1. The molecule has 6 aromatic rings. The number of carbonyl (C=O) groups is 1. The van der Waals surface area contributed by atoms with Crippen molar-refractivity contribution in [2.45, 2.75) is 6.92 Å². The van der Waals surface area contributed by atoms with Crippen LogP contribution in [0.25, 0.3) is 56.0 Å². The number of aryl methyl sites for hydroxylation is 1. The number of anilines is 1. The summed E-state index contributed by atoms with van der Waals surface area (Å²) in [6.45, 7) is 1.97. The molecule has 0 bridgehead atoms. The molecule has 0 aliphatic heterocycles. The maximum absolute atomic E-state index is 13.2. The Morgan fingerprint density at radius 2 is 1.74 bits per heavy atom. The average molecular weight is 598 g/mol. The quantitative estimate of drug-likeness (QED) is 0.255. The van der Waals surface area contributed by atoms with Crippen molar-refractivity contribution in [1.29, 1.82) is 0 Å². The number of sulfonamides is 1. The van der Waals surface area contributed by atoms with Crippen molar-refractivity contribution in [3.05, 3.63) is 78.0 Å². The van der Waals surface area contributed by atoms with Crippen LogP contribution in [0.15, 0.2) is 75.7 Å². The molecule has 1 N–H and O–H groups in total. The molecule has 4 heterocycles. The zero-order valence-corrected chi connectivity index (χ0v) is 24.8. The smallest absolute Gasteiger partial charge is 0.255 e. The minimum atomic E-state index is -3.72. The fourth-order valence-electron chi connectivity index (χ4n) is 4.88. The highest BCUT2D eigenvalue weighted by atomic mass is 32.2. The van der Waals surface area contributed by atoms with Crippen molar-refractivity contribution in [2.75, 3.05) is 31.8 Å². The Labute approximate surface area is 247 Å². The van der Waals surface area contributed by atoms with Crippen LogP contribution in [0.5, 0.6) is 5.88 Å². The van der Waals surface area contributed by atoms with Gasteiger partial charge in [0.2, 0.25) is 15.9 Å². The van der Waals surface area contributed by atoms with E-state index in [0.29, 0.717) is 61.5 Å². The van der Waals surface area contributed by atoms with E-state index in [1.165, 1.54) is 21.2 Å². The minimum Gasteiger partial charge on any atom is -0.479 e. The number of aromatic nitrogens is 3. The summed E-state index contributed by atoms with van der Waals surface area (Å²) in [7, 11) is 0.728. The SMILES string of the molecule is CNC(=O)c1c(-c2ccc(C)cc2)oc2cc(N(C)S(C)(=O)=O)c(-c3cc(-c4cc5ncccc5o4)c(OC)nn3)cc12. The highest BCUT2D eigenvalue weighted by Crippen LogP contribution is 2.42. The molecule has 11 nitrogen and oxygen atoms in total. The third kappa shape index (κ3) is 4.95. The number of rotatable bonds is 7. The van der Waals surface area contributed by atoms with E-state index in [1.807, 2.05) is 31.2 Å². The molecule has 0 radical (unpaired) electrons. The van der Waals surface area contributed by atoms with Crippen molar-refractivity contribution in [3.63, 3.8) is 0 Å². The number of benzene rings is 2. The number of methoxy groups -OCH3 is 1. The Hall–Kier alpha value is -5.23. The van der Waals surface area contributed by atoms with Gasteiger partial charge in [-0.3, -0.25) is 14.1 Å². The van der Waals surface area contributed by atoms with Crippen LogP contribution in [0.1, 0.15) is 15.9 Å². The summed E-state index contributed by atoms with van der Waals surface area (Å²) in [4.78, 5) is 17.6. The molecule has 0 spiro atoms. The summed E-state index contributed by atoms with van der Waals surface area (Å²) in [6.07, 6.45) is 2.76. The van der Waals surface area contributed by atoms with Crippen molar-refractivity contribution in [2.24, 2.45) is 0 Å². The molecule has 0 aliphatic carbocycles. The van der Waals surface area contributed by atoms with E-state index < -0.39 is 10.0 Å². The summed E-state index contributed by atoms with van der Waals surface area (Å²) in [6, 6.07) is 17.9. The Morgan fingerprint density at radius 3 is 2.42 bits per heavy atom. The van der Waals surface area contributed by atoms with Crippen LogP contribution in [0, 0.1) is 6.92 Å². The predicted octanol–water partition coefficient (Wildman–Crippen LogP) is 5.44. The summed E-state index contributed by atoms with van der Waals surface area (Å²) >= 11 is 0. The number of amides is 1. The normalized spacial score (nSPS) is 11.7. The van der Waals surface area contributed by atoms with Crippen LogP contribution < -0.4 is 14.4 Å². The maximum Gasteiger partial charge on any atom is 0.255 e. The molecule has 218 valence electrons. The Balaban J connectivity index is 1.64. The van der Waals surface area contributed by atoms with Crippen LogP contribution in [0.2, 0.25) is 0 Å². The summed E-state index contributed by atoms with van der Waals surface area (Å²) in [5.41, 5.74) is 5.08. The van der Waals surface area contributed by atoms with Gasteiger partial charge in [-0.2, -0.15) is 0 Å². The topological polar surface area (TPSA) is 141 Å². The van der Waals surface area contributed by atoms with E-state index >= 15 is 0 Å². The highest BCUT2D eigenvalue weighted by Gasteiger charge is 2.27. The third-order valence-electron chi connectivity index (χ3n) is 7.19. The standard InChI is InChI=1S/C31H27N5O6S/c1-17-8-10-18(11-9-17)29-28(30(37)32-2)20-13-19(24(16-27(20)42-29)36(3)43(5,38)39)22-14-21(31(40-4)35-34-22)26-15-23-25(41-26)7-6-12-33-23/h6-16H,1-5H3,(H,32,37). The van der Waals surface area contributed by atoms with Crippen molar-refractivity contribution >= 4 is 43.7 Å². The molecular formula is C31H27N5O6S. The zero-order chi connectivity index (χ0) is 30.5. The van der Waals surface area contributed by atoms with E-state index in [9.17, 15) is 13.2 Å². The number of pyridine rings is 1. The van der Waals surface area contributed by atoms with E-state index in [4.69, 9.17) is 13.6 Å². The first-order valence-electron chi connectivity index (χ1n) is 13.2. The molecular weight excluding hydrogens is 570 g/mol. The largest absolute Gasteiger partial charge is 0.479 e. The molecule has 4 aromatic heterocycles. The van der Waals surface area contributed by atoms with Crippen LogP contribution in [-0.2, 0) is 10.0 Å². The maximum atomic E-state index is 13.2. The van der Waals surface area contributed by atoms with Gasteiger partial charge in [0.25, 0.3) is 5.91 Å². The number of fused-ring (bicyclic) bond motifs is 2. The molecule has 43 heavy (non-hydrogen) atoms. The molecule has 12 heteroatoms. The number of ether oxygens (including phenoxy) is 1. The molecule has 6 rings (SSSR count). The molecule has 0 aliphatic rings. The number of nitrogens with zero attached hydrogens (tertiary/aromatic N) is 4. The van der Waals surface area contributed by atoms with E-state index in [0.717, 1.165) is 16.1 Å². The average Bonchev–Trinajstić information content (AvgIpc) is 3.61. The summed E-state index contributed by atoms with van der Waals surface area (Å²) in [5, 5.41) is 11.8. The Morgan fingerprint density at radius 1 is 0.977 bits per heavy atom. The summed E-state index contributed by atoms with van der Waals surface area (Å²) < 4.78 is 44.4. The first kappa shape index (κ1) is 27.9. The molecule has 0 unspecified atom stereocenters. The van der Waals surface area contributed by atoms with Crippen LogP contribution in [-0.4, -0.2) is 57.0 Å². The minimum absolute atomic E-state index is 0.206. The van der Waals surface area contributed by atoms with Gasteiger partial charge in [0.1, 0.15) is 22.6 Å². The molecule has 2 aromatic carbocycles. The van der Waals surface area contributed by atoms with Gasteiger partial charge in [-0.1, -0.05) is 29.8 Å². The number of carbonyl (C=O) groups excluding carboxylic acids is 1. The van der Waals surface area contributed by atoms with Gasteiger partial charge in [-0.25, -0.2) is 8.42 Å². The second-order valence-electron chi connectivity index (χ2n) is 10.00. The lowest BCUT2D eigenvalue weighted by Gasteiger charge is -2.20. The fraction of sp³-hybridized carbons (Fsp3) is 0.161. The lowest BCUT2D eigenvalue weighted by molar-refractivity contribution is 0.0964.